The Hall–Kier alpha value is -8.60. The van der Waals surface area contributed by atoms with Gasteiger partial charge in [0.15, 0.2) is 23.0 Å². The smallest absolute Gasteiger partial charge is 0.178 e. The number of furan rings is 1. The second kappa shape index (κ2) is 13.7. The number of hydrogen-bond donors (Lipinski definition) is 0. The van der Waals surface area contributed by atoms with Crippen LogP contribution in [0.2, 0.25) is 0 Å². The highest BCUT2D eigenvalue weighted by Gasteiger charge is 2.53. The van der Waals surface area contributed by atoms with Crippen LogP contribution in [0.3, 0.4) is 0 Å². The van der Waals surface area contributed by atoms with Gasteiger partial charge in [-0.1, -0.05) is 170 Å². The number of nitrogens with zero attached hydrogens (tertiary/aromatic N) is 1. The maximum Gasteiger partial charge on any atom is 0.178 e. The summed E-state index contributed by atoms with van der Waals surface area (Å²) in [5.74, 6) is 2.82. The summed E-state index contributed by atoms with van der Waals surface area (Å²) in [6.45, 7) is 0. The lowest BCUT2D eigenvalue weighted by molar-refractivity contribution is 0.361. The van der Waals surface area contributed by atoms with Crippen molar-refractivity contribution in [2.24, 2.45) is 0 Å². The Morgan fingerprint density at radius 3 is 1.69 bits per heavy atom. The first kappa shape index (κ1) is 35.9. The summed E-state index contributed by atoms with van der Waals surface area (Å²) in [6.07, 6.45) is 0. The minimum atomic E-state index is -0.473. The molecule has 0 saturated heterocycles. The van der Waals surface area contributed by atoms with Crippen LogP contribution in [0.25, 0.3) is 66.4 Å². The minimum absolute atomic E-state index is 0.473. The summed E-state index contributed by atoms with van der Waals surface area (Å²) in [7, 11) is 0. The van der Waals surface area contributed by atoms with Crippen molar-refractivity contribution in [1.29, 1.82) is 0 Å². The zero-order chi connectivity index (χ0) is 42.6. The predicted molar refractivity (Wildman–Crippen MR) is 262 cm³/mol. The zero-order valence-electron chi connectivity index (χ0n) is 35.0. The molecule has 2 aliphatic carbocycles. The number of rotatable bonds is 5. The number of ether oxygens (including phenoxy) is 2. The Morgan fingerprint density at radius 1 is 0.354 bits per heavy atom. The fraction of sp³-hybridized carbons (Fsp3) is 0.0164. The van der Waals surface area contributed by atoms with E-state index in [1.807, 2.05) is 18.2 Å². The first-order chi connectivity index (χ1) is 32.2. The standard InChI is InChI=1S/C61H37NO3/c1-2-16-38(17-3-1)39-18-12-20-41(36-39)62(52-30-15-32-54-58(52)47-25-7-11-31-53(47)63-54)42-21-13-19-40(37-42)43-26-14-33-55-59(43)64-56-35-34-51-57(60(56)65-55)46-24-6-10-29-50(46)61(51)48-27-8-4-22-44(48)45-23-5-9-28-49(45)61/h1-37H. The van der Waals surface area contributed by atoms with Crippen LogP contribution in [-0.4, -0.2) is 0 Å². The van der Waals surface area contributed by atoms with Crippen LogP contribution >= 0.6 is 0 Å². The maximum atomic E-state index is 7.12. The van der Waals surface area contributed by atoms with E-state index < -0.39 is 5.41 Å². The van der Waals surface area contributed by atoms with Gasteiger partial charge in [0.25, 0.3) is 0 Å². The maximum absolute atomic E-state index is 7.12. The molecule has 0 bridgehead atoms. The highest BCUT2D eigenvalue weighted by molar-refractivity contribution is 6.13. The molecule has 0 fully saturated rings. The van der Waals surface area contributed by atoms with Gasteiger partial charge in [-0.05, 0) is 110 Å². The molecule has 1 aromatic heterocycles. The van der Waals surface area contributed by atoms with E-state index in [0.29, 0.717) is 17.2 Å². The molecule has 4 heteroatoms. The van der Waals surface area contributed by atoms with Crippen LogP contribution < -0.4 is 14.4 Å². The largest absolute Gasteiger partial charge is 0.456 e. The first-order valence-electron chi connectivity index (χ1n) is 22.2. The fourth-order valence-electron chi connectivity index (χ4n) is 11.1. The number of para-hydroxylation sites is 2. The van der Waals surface area contributed by atoms with Gasteiger partial charge < -0.3 is 18.8 Å². The van der Waals surface area contributed by atoms with Crippen molar-refractivity contribution in [2.75, 3.05) is 4.90 Å². The summed E-state index contributed by atoms with van der Waals surface area (Å²) in [5, 5.41) is 2.13. The van der Waals surface area contributed by atoms with Crippen LogP contribution in [0, 0.1) is 0 Å². The molecule has 65 heavy (non-hydrogen) atoms. The Balaban J connectivity index is 0.914. The molecule has 0 saturated carbocycles. The van der Waals surface area contributed by atoms with Gasteiger partial charge in [0, 0.05) is 27.9 Å². The molecule has 4 nitrogen and oxygen atoms in total. The minimum Gasteiger partial charge on any atom is -0.456 e. The molecule has 0 radical (unpaired) electrons. The second-order valence-electron chi connectivity index (χ2n) is 17.1. The average Bonchev–Trinajstić information content (AvgIpc) is 4.01. The molecule has 3 aliphatic rings. The van der Waals surface area contributed by atoms with Crippen LogP contribution in [0.4, 0.5) is 17.1 Å². The SMILES string of the molecule is c1ccc(-c2cccc(N(c3cccc(-c4cccc5c4Oc4ccc6c(c4O5)-c4ccccc4C64c5ccccc5-c5ccccc54)c3)c3cccc4oc5ccccc5c34)c2)cc1. The molecule has 14 rings (SSSR count). The zero-order valence-corrected chi connectivity index (χ0v) is 35.0. The Bertz CT molecular complexity index is 3710. The molecular weight excluding hydrogens is 795 g/mol. The monoisotopic (exact) mass is 831 g/mol. The van der Waals surface area contributed by atoms with E-state index in [0.717, 1.165) is 72.6 Å². The van der Waals surface area contributed by atoms with Gasteiger partial charge in [0.05, 0.1) is 16.5 Å². The molecule has 2 heterocycles. The van der Waals surface area contributed by atoms with Gasteiger partial charge in [-0.2, -0.15) is 0 Å². The summed E-state index contributed by atoms with van der Waals surface area (Å²) >= 11 is 0. The highest BCUT2D eigenvalue weighted by atomic mass is 16.6. The summed E-state index contributed by atoms with van der Waals surface area (Å²) in [5.41, 5.74) is 18.4. The highest BCUT2D eigenvalue weighted by Crippen LogP contribution is 2.66. The van der Waals surface area contributed by atoms with Gasteiger partial charge in [-0.3, -0.25) is 0 Å². The van der Waals surface area contributed by atoms with Crippen LogP contribution in [0.5, 0.6) is 23.0 Å². The third-order valence-corrected chi connectivity index (χ3v) is 13.7. The van der Waals surface area contributed by atoms with Crippen molar-refractivity contribution in [2.45, 2.75) is 5.41 Å². The van der Waals surface area contributed by atoms with Gasteiger partial charge in [0.1, 0.15) is 11.2 Å². The van der Waals surface area contributed by atoms with Crippen molar-refractivity contribution in [3.05, 3.63) is 247 Å². The van der Waals surface area contributed by atoms with Gasteiger partial charge in [0.2, 0.25) is 0 Å². The molecule has 0 atom stereocenters. The number of fused-ring (bicyclic) bond motifs is 16. The molecule has 0 N–H and O–H groups in total. The first-order valence-corrected chi connectivity index (χ1v) is 22.2. The molecular formula is C61H37NO3. The second-order valence-corrected chi connectivity index (χ2v) is 17.1. The lowest BCUT2D eigenvalue weighted by Crippen LogP contribution is -2.25. The van der Waals surface area contributed by atoms with Gasteiger partial charge >= 0.3 is 0 Å². The Labute approximate surface area is 375 Å². The van der Waals surface area contributed by atoms with Crippen LogP contribution in [0.15, 0.2) is 229 Å². The molecule has 1 spiro atoms. The molecule has 0 amide bonds. The van der Waals surface area contributed by atoms with Gasteiger partial charge in [-0.25, -0.2) is 0 Å². The normalized spacial score (nSPS) is 13.3. The third kappa shape index (κ3) is 5.08. The number of anilines is 3. The topological polar surface area (TPSA) is 34.8 Å². The summed E-state index contributed by atoms with van der Waals surface area (Å²) < 4.78 is 20.6. The lowest BCUT2D eigenvalue weighted by atomic mass is 9.70. The molecule has 304 valence electrons. The third-order valence-electron chi connectivity index (χ3n) is 13.7. The molecule has 1 aliphatic heterocycles. The van der Waals surface area contributed by atoms with Crippen molar-refractivity contribution in [1.82, 2.24) is 0 Å². The molecule has 11 aromatic rings. The lowest BCUT2D eigenvalue weighted by Gasteiger charge is -2.31. The number of hydrogen-bond acceptors (Lipinski definition) is 4. The van der Waals surface area contributed by atoms with E-state index in [1.165, 1.54) is 38.9 Å². The van der Waals surface area contributed by atoms with E-state index in [9.17, 15) is 0 Å². The van der Waals surface area contributed by atoms with Crippen molar-refractivity contribution in [3.63, 3.8) is 0 Å². The average molecular weight is 832 g/mol. The predicted octanol–water partition coefficient (Wildman–Crippen LogP) is 16.6. The molecule has 0 unspecified atom stereocenters. The van der Waals surface area contributed by atoms with Crippen molar-refractivity contribution in [3.8, 4) is 67.5 Å². The molecule has 10 aromatic carbocycles. The number of benzene rings is 10. The van der Waals surface area contributed by atoms with Crippen LogP contribution in [-0.2, 0) is 5.41 Å². The van der Waals surface area contributed by atoms with E-state index in [1.54, 1.807) is 0 Å². The summed E-state index contributed by atoms with van der Waals surface area (Å²) in [6, 6.07) is 79.8. The van der Waals surface area contributed by atoms with Gasteiger partial charge in [-0.15, -0.1) is 0 Å². The Kier molecular flexibility index (Phi) is 7.57. The van der Waals surface area contributed by atoms with Crippen molar-refractivity contribution < 1.29 is 13.9 Å². The Morgan fingerprint density at radius 2 is 0.908 bits per heavy atom. The van der Waals surface area contributed by atoms with Crippen LogP contribution in [0.1, 0.15) is 22.3 Å². The van der Waals surface area contributed by atoms with E-state index in [4.69, 9.17) is 13.9 Å². The van der Waals surface area contributed by atoms with E-state index in [2.05, 4.69) is 211 Å². The van der Waals surface area contributed by atoms with E-state index in [-0.39, 0.29) is 0 Å². The summed E-state index contributed by atoms with van der Waals surface area (Å²) in [4.78, 5) is 2.35. The fourth-order valence-corrected chi connectivity index (χ4v) is 11.1. The van der Waals surface area contributed by atoms with E-state index >= 15 is 0 Å². The van der Waals surface area contributed by atoms with Crippen molar-refractivity contribution >= 4 is 39.0 Å². The quantitative estimate of drug-likeness (QED) is 0.173.